The average Bonchev–Trinajstić information content (AvgIpc) is 2.31. The van der Waals surface area contributed by atoms with E-state index < -0.39 is 0 Å². The Bertz CT molecular complexity index is 121. The van der Waals surface area contributed by atoms with Crippen molar-refractivity contribution in [3.63, 3.8) is 0 Å². The lowest BCUT2D eigenvalue weighted by atomic mass is 9.83. The summed E-state index contributed by atoms with van der Waals surface area (Å²) in [6.45, 7) is 10.4. The van der Waals surface area contributed by atoms with Crippen molar-refractivity contribution in [1.29, 1.82) is 0 Å². The average molecular weight is 227 g/mol. The van der Waals surface area contributed by atoms with Crippen molar-refractivity contribution >= 4 is 0 Å². The van der Waals surface area contributed by atoms with Crippen LogP contribution in [0.1, 0.15) is 85.5 Å². The van der Waals surface area contributed by atoms with Crippen LogP contribution >= 0.6 is 0 Å². The standard InChI is InChI=1S/C15H33N/c1-5-9-12-15(11-7-3,13-10-6-2)16-14-8-4/h16H,5-14H2,1-4H3. The van der Waals surface area contributed by atoms with Gasteiger partial charge in [0, 0.05) is 5.54 Å². The molecule has 16 heavy (non-hydrogen) atoms. The van der Waals surface area contributed by atoms with Crippen LogP contribution in [0, 0.1) is 0 Å². The van der Waals surface area contributed by atoms with Gasteiger partial charge in [-0.15, -0.1) is 0 Å². The third-order valence-electron chi connectivity index (χ3n) is 3.50. The lowest BCUT2D eigenvalue weighted by molar-refractivity contribution is 0.246. The first-order chi connectivity index (χ1) is 7.74. The van der Waals surface area contributed by atoms with Gasteiger partial charge in [0.2, 0.25) is 0 Å². The number of hydrogen-bond donors (Lipinski definition) is 1. The van der Waals surface area contributed by atoms with Crippen molar-refractivity contribution in [2.75, 3.05) is 6.54 Å². The van der Waals surface area contributed by atoms with Crippen LogP contribution in [0.25, 0.3) is 0 Å². The lowest BCUT2D eigenvalue weighted by Crippen LogP contribution is -2.45. The summed E-state index contributed by atoms with van der Waals surface area (Å²) in [5, 5.41) is 3.85. The quantitative estimate of drug-likeness (QED) is 0.529. The smallest absolute Gasteiger partial charge is 0.0181 e. The molecule has 0 rings (SSSR count). The highest BCUT2D eigenvalue weighted by Crippen LogP contribution is 2.26. The molecule has 0 saturated carbocycles. The molecule has 0 aliphatic carbocycles. The summed E-state index contributed by atoms with van der Waals surface area (Å²) in [7, 11) is 0. The molecule has 0 fully saturated rings. The summed E-state index contributed by atoms with van der Waals surface area (Å²) in [5.74, 6) is 0. The molecule has 0 bridgehead atoms. The molecule has 0 amide bonds. The predicted octanol–water partition coefficient (Wildman–Crippen LogP) is 4.91. The molecule has 0 saturated heterocycles. The van der Waals surface area contributed by atoms with E-state index >= 15 is 0 Å². The van der Waals surface area contributed by atoms with Crippen molar-refractivity contribution in [1.82, 2.24) is 5.32 Å². The molecule has 1 N–H and O–H groups in total. The SMILES string of the molecule is CCCCC(CCC)(CCCC)NCCC. The van der Waals surface area contributed by atoms with Crippen LogP contribution < -0.4 is 5.32 Å². The molecule has 1 nitrogen and oxygen atoms in total. The van der Waals surface area contributed by atoms with E-state index in [4.69, 9.17) is 0 Å². The van der Waals surface area contributed by atoms with Crippen LogP contribution in [0.4, 0.5) is 0 Å². The Morgan fingerprint density at radius 2 is 1.25 bits per heavy atom. The first kappa shape index (κ1) is 16.0. The maximum absolute atomic E-state index is 3.85. The predicted molar refractivity (Wildman–Crippen MR) is 75.0 cm³/mol. The second-order valence-corrected chi connectivity index (χ2v) is 5.16. The molecule has 0 unspecified atom stereocenters. The Balaban J connectivity index is 4.32. The maximum Gasteiger partial charge on any atom is 0.0181 e. The summed E-state index contributed by atoms with van der Waals surface area (Å²) >= 11 is 0. The molecule has 0 aliphatic heterocycles. The van der Waals surface area contributed by atoms with Gasteiger partial charge in [-0.1, -0.05) is 59.8 Å². The minimum absolute atomic E-state index is 0.455. The van der Waals surface area contributed by atoms with Crippen LogP contribution in [0.15, 0.2) is 0 Å². The normalized spacial score (nSPS) is 12.0. The summed E-state index contributed by atoms with van der Waals surface area (Å²) in [4.78, 5) is 0. The van der Waals surface area contributed by atoms with E-state index in [0.717, 1.165) is 0 Å². The fourth-order valence-corrected chi connectivity index (χ4v) is 2.54. The number of hydrogen-bond acceptors (Lipinski definition) is 1. The molecule has 0 aromatic heterocycles. The van der Waals surface area contributed by atoms with Crippen molar-refractivity contribution < 1.29 is 0 Å². The highest BCUT2D eigenvalue weighted by molar-refractivity contribution is 4.87. The third kappa shape index (κ3) is 6.52. The maximum atomic E-state index is 3.85. The summed E-state index contributed by atoms with van der Waals surface area (Å²) in [5.41, 5.74) is 0.455. The van der Waals surface area contributed by atoms with Crippen LogP contribution in [-0.4, -0.2) is 12.1 Å². The van der Waals surface area contributed by atoms with E-state index in [9.17, 15) is 0 Å². The zero-order valence-electron chi connectivity index (χ0n) is 12.1. The topological polar surface area (TPSA) is 12.0 Å². The monoisotopic (exact) mass is 227 g/mol. The van der Waals surface area contributed by atoms with Crippen molar-refractivity contribution in [3.8, 4) is 0 Å². The van der Waals surface area contributed by atoms with E-state index in [-0.39, 0.29) is 0 Å². The number of nitrogens with one attached hydrogen (secondary N) is 1. The Labute approximate surface area is 103 Å². The molecule has 0 aromatic rings. The van der Waals surface area contributed by atoms with Crippen LogP contribution in [-0.2, 0) is 0 Å². The zero-order chi connectivity index (χ0) is 12.3. The molecule has 0 aromatic carbocycles. The molecular formula is C15H33N. The summed E-state index contributed by atoms with van der Waals surface area (Å²) in [6.07, 6.45) is 12.1. The molecule has 0 heterocycles. The second kappa shape index (κ2) is 10.1. The highest BCUT2D eigenvalue weighted by atomic mass is 15.0. The third-order valence-corrected chi connectivity index (χ3v) is 3.50. The number of rotatable bonds is 11. The summed E-state index contributed by atoms with van der Waals surface area (Å²) in [6, 6.07) is 0. The van der Waals surface area contributed by atoms with Gasteiger partial charge in [0.05, 0.1) is 0 Å². The summed E-state index contributed by atoms with van der Waals surface area (Å²) < 4.78 is 0. The second-order valence-electron chi connectivity index (χ2n) is 5.16. The van der Waals surface area contributed by atoms with Gasteiger partial charge < -0.3 is 5.32 Å². The minimum atomic E-state index is 0.455. The zero-order valence-corrected chi connectivity index (χ0v) is 12.1. The van der Waals surface area contributed by atoms with Gasteiger partial charge in [0.25, 0.3) is 0 Å². The van der Waals surface area contributed by atoms with Gasteiger partial charge >= 0.3 is 0 Å². The van der Waals surface area contributed by atoms with Gasteiger partial charge in [0.15, 0.2) is 0 Å². The van der Waals surface area contributed by atoms with Gasteiger partial charge in [-0.05, 0) is 32.2 Å². The van der Waals surface area contributed by atoms with E-state index in [1.165, 1.54) is 64.3 Å². The Kier molecular flexibility index (Phi) is 10.1. The lowest BCUT2D eigenvalue weighted by Gasteiger charge is -2.35. The Morgan fingerprint density at radius 3 is 1.62 bits per heavy atom. The van der Waals surface area contributed by atoms with Gasteiger partial charge in [-0.25, -0.2) is 0 Å². The van der Waals surface area contributed by atoms with E-state index in [1.54, 1.807) is 0 Å². The van der Waals surface area contributed by atoms with Crippen LogP contribution in [0.5, 0.6) is 0 Å². The van der Waals surface area contributed by atoms with E-state index in [0.29, 0.717) is 5.54 Å². The van der Waals surface area contributed by atoms with Gasteiger partial charge in [0.1, 0.15) is 0 Å². The molecule has 0 radical (unpaired) electrons. The van der Waals surface area contributed by atoms with Crippen molar-refractivity contribution in [3.05, 3.63) is 0 Å². The molecule has 0 atom stereocenters. The van der Waals surface area contributed by atoms with E-state index in [2.05, 4.69) is 33.0 Å². The van der Waals surface area contributed by atoms with Gasteiger partial charge in [-0.3, -0.25) is 0 Å². The molecular weight excluding hydrogens is 194 g/mol. The molecule has 0 spiro atoms. The molecule has 1 heteroatoms. The van der Waals surface area contributed by atoms with Crippen molar-refractivity contribution in [2.45, 2.75) is 91.0 Å². The Morgan fingerprint density at radius 1 is 0.688 bits per heavy atom. The molecule has 0 aliphatic rings. The molecule has 98 valence electrons. The first-order valence-corrected chi connectivity index (χ1v) is 7.49. The van der Waals surface area contributed by atoms with Crippen molar-refractivity contribution in [2.24, 2.45) is 0 Å². The fourth-order valence-electron chi connectivity index (χ4n) is 2.54. The van der Waals surface area contributed by atoms with Crippen LogP contribution in [0.3, 0.4) is 0 Å². The van der Waals surface area contributed by atoms with E-state index in [1.807, 2.05) is 0 Å². The number of unbranched alkanes of at least 4 members (excludes halogenated alkanes) is 2. The minimum Gasteiger partial charge on any atom is -0.311 e. The largest absolute Gasteiger partial charge is 0.311 e. The fraction of sp³-hybridized carbons (Fsp3) is 1.00. The highest BCUT2D eigenvalue weighted by Gasteiger charge is 2.26. The first-order valence-electron chi connectivity index (χ1n) is 7.49. The van der Waals surface area contributed by atoms with Gasteiger partial charge in [-0.2, -0.15) is 0 Å². The Hall–Kier alpha value is -0.0400. The van der Waals surface area contributed by atoms with Crippen LogP contribution in [0.2, 0.25) is 0 Å².